The SMILES string of the molecule is C[C@@H](C(=O)N/N=C\c1c(Cl)cccc1Cl)N(c1ccccc1)S(C)(=O)=O. The molecular weight excluding hydrogens is 397 g/mol. The fourth-order valence-electron chi connectivity index (χ4n) is 2.27. The topological polar surface area (TPSA) is 78.8 Å². The second kappa shape index (κ2) is 8.53. The van der Waals surface area contributed by atoms with Gasteiger partial charge in [-0.15, -0.1) is 0 Å². The first kappa shape index (κ1) is 20.2. The molecule has 0 aliphatic carbocycles. The lowest BCUT2D eigenvalue weighted by Gasteiger charge is -2.27. The Labute approximate surface area is 162 Å². The van der Waals surface area contributed by atoms with E-state index in [-0.39, 0.29) is 0 Å². The molecule has 0 aliphatic rings. The number of nitrogens with one attached hydrogen (secondary N) is 1. The van der Waals surface area contributed by atoms with Crippen LogP contribution in [-0.4, -0.2) is 32.8 Å². The molecule has 2 rings (SSSR count). The molecule has 0 aromatic heterocycles. The van der Waals surface area contributed by atoms with Crippen LogP contribution in [0.2, 0.25) is 10.0 Å². The van der Waals surface area contributed by atoms with Crippen molar-refractivity contribution < 1.29 is 13.2 Å². The molecule has 6 nitrogen and oxygen atoms in total. The number of nitrogens with zero attached hydrogens (tertiary/aromatic N) is 2. The van der Waals surface area contributed by atoms with Crippen LogP contribution in [0, 0.1) is 0 Å². The van der Waals surface area contributed by atoms with Crippen molar-refractivity contribution in [1.29, 1.82) is 0 Å². The summed E-state index contributed by atoms with van der Waals surface area (Å²) in [6.45, 7) is 1.47. The summed E-state index contributed by atoms with van der Waals surface area (Å²) in [5, 5.41) is 4.59. The van der Waals surface area contributed by atoms with Gasteiger partial charge in [0.1, 0.15) is 6.04 Å². The molecule has 0 radical (unpaired) electrons. The fraction of sp³-hybridized carbons (Fsp3) is 0.176. The lowest BCUT2D eigenvalue weighted by Crippen LogP contribution is -2.46. The Morgan fingerprint density at radius 2 is 1.69 bits per heavy atom. The molecule has 0 aliphatic heterocycles. The van der Waals surface area contributed by atoms with Crippen LogP contribution < -0.4 is 9.73 Å². The Balaban J connectivity index is 2.18. The Morgan fingerprint density at radius 3 is 2.23 bits per heavy atom. The number of rotatable bonds is 6. The van der Waals surface area contributed by atoms with Gasteiger partial charge in [-0.1, -0.05) is 47.5 Å². The van der Waals surface area contributed by atoms with Gasteiger partial charge in [-0.3, -0.25) is 9.10 Å². The van der Waals surface area contributed by atoms with Crippen LogP contribution in [-0.2, 0) is 14.8 Å². The van der Waals surface area contributed by atoms with E-state index in [1.807, 2.05) is 0 Å². The van der Waals surface area contributed by atoms with Gasteiger partial charge in [0.25, 0.3) is 5.91 Å². The second-order valence-electron chi connectivity index (χ2n) is 5.44. The van der Waals surface area contributed by atoms with Crippen molar-refractivity contribution in [2.24, 2.45) is 5.10 Å². The quantitative estimate of drug-likeness (QED) is 0.582. The van der Waals surface area contributed by atoms with Gasteiger partial charge < -0.3 is 0 Å². The maximum atomic E-state index is 12.4. The monoisotopic (exact) mass is 413 g/mol. The number of carbonyl (C=O) groups is 1. The molecule has 9 heteroatoms. The Bertz CT molecular complexity index is 898. The minimum absolute atomic E-state index is 0.380. The van der Waals surface area contributed by atoms with Crippen LogP contribution in [0.25, 0.3) is 0 Å². The zero-order valence-corrected chi connectivity index (χ0v) is 16.4. The number of sulfonamides is 1. The van der Waals surface area contributed by atoms with E-state index in [4.69, 9.17) is 23.2 Å². The Morgan fingerprint density at radius 1 is 1.12 bits per heavy atom. The average molecular weight is 414 g/mol. The minimum Gasteiger partial charge on any atom is -0.271 e. The van der Waals surface area contributed by atoms with Crippen LogP contribution >= 0.6 is 23.2 Å². The third-order valence-electron chi connectivity index (χ3n) is 3.47. The van der Waals surface area contributed by atoms with Crippen LogP contribution in [0.1, 0.15) is 12.5 Å². The predicted octanol–water partition coefficient (Wildman–Crippen LogP) is 3.30. The largest absolute Gasteiger partial charge is 0.271 e. The fourth-order valence-corrected chi connectivity index (χ4v) is 3.94. The number of anilines is 1. The molecule has 26 heavy (non-hydrogen) atoms. The minimum atomic E-state index is -3.67. The van der Waals surface area contributed by atoms with Crippen molar-refractivity contribution in [3.05, 3.63) is 64.1 Å². The Kier molecular flexibility index (Phi) is 6.63. The van der Waals surface area contributed by atoms with Gasteiger partial charge in [0, 0.05) is 5.56 Å². The van der Waals surface area contributed by atoms with Gasteiger partial charge >= 0.3 is 0 Å². The van der Waals surface area contributed by atoms with Crippen LogP contribution in [0.15, 0.2) is 53.6 Å². The van der Waals surface area contributed by atoms with Crippen molar-refractivity contribution in [2.45, 2.75) is 13.0 Å². The molecule has 2 aromatic rings. The van der Waals surface area contributed by atoms with E-state index in [0.717, 1.165) is 10.6 Å². The summed E-state index contributed by atoms with van der Waals surface area (Å²) in [5.41, 5.74) is 3.15. The number of halogens is 2. The smallest absolute Gasteiger partial charge is 0.263 e. The molecule has 1 N–H and O–H groups in total. The molecule has 138 valence electrons. The van der Waals surface area contributed by atoms with Crippen LogP contribution in [0.5, 0.6) is 0 Å². The zero-order valence-electron chi connectivity index (χ0n) is 14.1. The maximum Gasteiger partial charge on any atom is 0.263 e. The third kappa shape index (κ3) is 4.97. The molecule has 1 atom stereocenters. The summed E-state index contributed by atoms with van der Waals surface area (Å²) < 4.78 is 25.3. The van der Waals surface area contributed by atoms with E-state index in [0.29, 0.717) is 21.3 Å². The van der Waals surface area contributed by atoms with E-state index in [2.05, 4.69) is 10.5 Å². The van der Waals surface area contributed by atoms with Crippen molar-refractivity contribution in [2.75, 3.05) is 10.6 Å². The molecule has 0 saturated carbocycles. The number of para-hydroxylation sites is 1. The first-order valence-electron chi connectivity index (χ1n) is 7.53. The van der Waals surface area contributed by atoms with E-state index in [1.165, 1.54) is 13.1 Å². The molecular formula is C17H17Cl2N3O3S. The molecule has 0 saturated heterocycles. The summed E-state index contributed by atoms with van der Waals surface area (Å²) in [6.07, 6.45) is 2.35. The number of hydrazone groups is 1. The average Bonchev–Trinajstić information content (AvgIpc) is 2.57. The summed E-state index contributed by atoms with van der Waals surface area (Å²) in [6, 6.07) is 12.3. The number of hydrogen-bond acceptors (Lipinski definition) is 4. The third-order valence-corrected chi connectivity index (χ3v) is 5.37. The van der Waals surface area contributed by atoms with Gasteiger partial charge in [0.2, 0.25) is 10.0 Å². The molecule has 1 amide bonds. The van der Waals surface area contributed by atoms with Crippen LogP contribution in [0.3, 0.4) is 0 Å². The standard InChI is InChI=1S/C17H17Cl2N3O3S/c1-12(22(26(2,24)25)13-7-4-3-5-8-13)17(23)21-20-11-14-15(18)9-6-10-16(14)19/h3-12H,1-2H3,(H,21,23)/b20-11-/t12-/m0/s1. The second-order valence-corrected chi connectivity index (χ2v) is 8.11. The number of carbonyl (C=O) groups excluding carboxylic acids is 1. The van der Waals surface area contributed by atoms with Crippen molar-refractivity contribution in [1.82, 2.24) is 5.43 Å². The first-order chi connectivity index (χ1) is 12.2. The van der Waals surface area contributed by atoms with E-state index in [1.54, 1.807) is 48.5 Å². The number of benzene rings is 2. The van der Waals surface area contributed by atoms with E-state index < -0.39 is 22.0 Å². The van der Waals surface area contributed by atoms with Crippen molar-refractivity contribution >= 4 is 51.0 Å². The number of amides is 1. The van der Waals surface area contributed by atoms with Crippen LogP contribution in [0.4, 0.5) is 5.69 Å². The van der Waals surface area contributed by atoms with Gasteiger partial charge in [-0.05, 0) is 31.2 Å². The van der Waals surface area contributed by atoms with Gasteiger partial charge in [0.15, 0.2) is 0 Å². The summed E-state index contributed by atoms with van der Waals surface area (Å²) >= 11 is 12.0. The molecule has 2 aromatic carbocycles. The van der Waals surface area contributed by atoms with Crippen molar-refractivity contribution in [3.63, 3.8) is 0 Å². The van der Waals surface area contributed by atoms with Crippen molar-refractivity contribution in [3.8, 4) is 0 Å². The summed E-state index contributed by atoms with van der Waals surface area (Å²) in [7, 11) is -3.67. The van der Waals surface area contributed by atoms with Gasteiger partial charge in [0.05, 0.1) is 28.2 Å². The number of hydrogen-bond donors (Lipinski definition) is 1. The molecule has 0 heterocycles. The molecule has 0 spiro atoms. The molecule has 0 fully saturated rings. The van der Waals surface area contributed by atoms with Gasteiger partial charge in [-0.2, -0.15) is 5.10 Å². The normalized spacial score (nSPS) is 12.8. The highest BCUT2D eigenvalue weighted by Gasteiger charge is 2.28. The first-order valence-corrected chi connectivity index (χ1v) is 10.1. The van der Waals surface area contributed by atoms with Gasteiger partial charge in [-0.25, -0.2) is 13.8 Å². The lowest BCUT2D eigenvalue weighted by atomic mass is 10.2. The zero-order chi connectivity index (χ0) is 19.3. The highest BCUT2D eigenvalue weighted by Crippen LogP contribution is 2.22. The maximum absolute atomic E-state index is 12.4. The highest BCUT2D eigenvalue weighted by molar-refractivity contribution is 7.92. The van der Waals surface area contributed by atoms with E-state index in [9.17, 15) is 13.2 Å². The molecule has 0 unspecified atom stereocenters. The summed E-state index contributed by atoms with van der Waals surface area (Å²) in [4.78, 5) is 12.4. The highest BCUT2D eigenvalue weighted by atomic mass is 35.5. The Hall–Kier alpha value is -2.09. The van der Waals surface area contributed by atoms with E-state index >= 15 is 0 Å². The summed E-state index contributed by atoms with van der Waals surface area (Å²) in [5.74, 6) is -0.598. The lowest BCUT2D eigenvalue weighted by molar-refractivity contribution is -0.121. The molecule has 0 bridgehead atoms. The predicted molar refractivity (Wildman–Crippen MR) is 105 cm³/mol.